The van der Waals surface area contributed by atoms with Crippen molar-refractivity contribution in [2.45, 2.75) is 24.8 Å². The predicted molar refractivity (Wildman–Crippen MR) is 125 cm³/mol. The number of anilines is 1. The van der Waals surface area contributed by atoms with Crippen LogP contribution >= 0.6 is 0 Å². The minimum absolute atomic E-state index is 0.0314. The first-order valence-corrected chi connectivity index (χ1v) is 11.8. The molecular weight excluding hydrogens is 442 g/mol. The number of hydrogen-bond donors (Lipinski definition) is 0. The zero-order chi connectivity index (χ0) is 24.0. The van der Waals surface area contributed by atoms with Crippen molar-refractivity contribution in [2.75, 3.05) is 18.0 Å². The van der Waals surface area contributed by atoms with Crippen LogP contribution in [0, 0.1) is 0 Å². The van der Waals surface area contributed by atoms with Gasteiger partial charge in [-0.05, 0) is 68.4 Å². The van der Waals surface area contributed by atoms with E-state index >= 15 is 0 Å². The number of rotatable bonds is 9. The Morgan fingerprint density at radius 3 is 2.21 bits per heavy atom. The molecule has 0 saturated carbocycles. The maximum atomic E-state index is 13.0. The zero-order valence-corrected chi connectivity index (χ0v) is 19.4. The maximum absolute atomic E-state index is 13.0. The number of benzene rings is 3. The number of hydrogen-bond acceptors (Lipinski definition) is 6. The molecule has 0 N–H and O–H groups in total. The van der Waals surface area contributed by atoms with E-state index < -0.39 is 22.1 Å². The Morgan fingerprint density at radius 2 is 1.58 bits per heavy atom. The van der Waals surface area contributed by atoms with E-state index in [0.29, 0.717) is 23.6 Å². The van der Waals surface area contributed by atoms with Crippen LogP contribution in [0.25, 0.3) is 0 Å². The lowest BCUT2D eigenvalue weighted by atomic mass is 10.1. The van der Waals surface area contributed by atoms with Gasteiger partial charge in [0.1, 0.15) is 5.75 Å². The number of ether oxygens (including phenoxy) is 2. The molecule has 0 radical (unpaired) electrons. The molecular formula is C25H25NO6S. The van der Waals surface area contributed by atoms with Gasteiger partial charge in [-0.15, -0.1) is 0 Å². The van der Waals surface area contributed by atoms with E-state index in [-0.39, 0.29) is 16.2 Å². The number of sulfonamides is 1. The van der Waals surface area contributed by atoms with Crippen molar-refractivity contribution in [3.05, 3.63) is 90.0 Å². The van der Waals surface area contributed by atoms with Gasteiger partial charge in [-0.2, -0.15) is 0 Å². The van der Waals surface area contributed by atoms with Gasteiger partial charge in [0.2, 0.25) is 5.78 Å². The summed E-state index contributed by atoms with van der Waals surface area (Å²) in [6, 6.07) is 20.7. The van der Waals surface area contributed by atoms with Gasteiger partial charge in [-0.1, -0.05) is 24.3 Å². The van der Waals surface area contributed by atoms with Gasteiger partial charge in [0.05, 0.1) is 22.8 Å². The zero-order valence-electron chi connectivity index (χ0n) is 18.6. The lowest BCUT2D eigenvalue weighted by Crippen LogP contribution is -2.27. The normalized spacial score (nSPS) is 12.0. The van der Waals surface area contributed by atoms with Crippen LogP contribution in [0.2, 0.25) is 0 Å². The van der Waals surface area contributed by atoms with Crippen molar-refractivity contribution < 1.29 is 27.5 Å². The summed E-state index contributed by atoms with van der Waals surface area (Å²) >= 11 is 0. The van der Waals surface area contributed by atoms with E-state index in [1.165, 1.54) is 38.2 Å². The second kappa shape index (κ2) is 10.3. The molecule has 172 valence electrons. The van der Waals surface area contributed by atoms with Crippen molar-refractivity contribution >= 4 is 27.5 Å². The Bertz CT molecular complexity index is 1220. The minimum Gasteiger partial charge on any atom is -0.494 e. The van der Waals surface area contributed by atoms with Gasteiger partial charge >= 0.3 is 5.97 Å². The molecule has 0 aromatic heterocycles. The number of para-hydroxylation sites is 1. The number of Topliss-reactive ketones (excluding diaryl/α,β-unsaturated/α-hetero) is 1. The molecule has 0 bridgehead atoms. The number of nitrogens with zero attached hydrogens (tertiary/aromatic N) is 1. The topological polar surface area (TPSA) is 90.0 Å². The van der Waals surface area contributed by atoms with Gasteiger partial charge < -0.3 is 9.47 Å². The Labute approximate surface area is 193 Å². The first-order chi connectivity index (χ1) is 15.7. The van der Waals surface area contributed by atoms with E-state index in [0.717, 1.165) is 4.31 Å². The van der Waals surface area contributed by atoms with Crippen LogP contribution in [0.3, 0.4) is 0 Å². The molecule has 0 spiro atoms. The molecule has 0 heterocycles. The average Bonchev–Trinajstić information content (AvgIpc) is 2.84. The summed E-state index contributed by atoms with van der Waals surface area (Å²) in [5.41, 5.74) is 0.892. The fourth-order valence-electron chi connectivity index (χ4n) is 3.12. The molecule has 0 unspecified atom stereocenters. The molecule has 7 nitrogen and oxygen atoms in total. The van der Waals surface area contributed by atoms with Crippen LogP contribution in [0.4, 0.5) is 5.69 Å². The summed E-state index contributed by atoms with van der Waals surface area (Å²) in [5, 5.41) is 0. The summed E-state index contributed by atoms with van der Waals surface area (Å²) in [6.07, 6.45) is -1.05. The molecule has 0 saturated heterocycles. The fourth-order valence-corrected chi connectivity index (χ4v) is 4.36. The van der Waals surface area contributed by atoms with Crippen LogP contribution in [0.1, 0.15) is 34.6 Å². The molecule has 0 aliphatic carbocycles. The summed E-state index contributed by atoms with van der Waals surface area (Å²) in [4.78, 5) is 25.2. The second-order valence-corrected chi connectivity index (χ2v) is 9.17. The monoisotopic (exact) mass is 467 g/mol. The van der Waals surface area contributed by atoms with Crippen molar-refractivity contribution in [3.63, 3.8) is 0 Å². The average molecular weight is 468 g/mol. The third kappa shape index (κ3) is 5.59. The minimum atomic E-state index is -3.90. The first kappa shape index (κ1) is 24.0. The molecule has 1 atom stereocenters. The Hall–Kier alpha value is -3.65. The molecule has 0 amide bonds. The number of esters is 1. The summed E-state index contributed by atoms with van der Waals surface area (Å²) in [6.45, 7) is 3.85. The van der Waals surface area contributed by atoms with Crippen LogP contribution < -0.4 is 9.04 Å². The van der Waals surface area contributed by atoms with Crippen molar-refractivity contribution in [1.29, 1.82) is 0 Å². The first-order valence-electron chi connectivity index (χ1n) is 10.4. The van der Waals surface area contributed by atoms with Crippen molar-refractivity contribution in [1.82, 2.24) is 0 Å². The Balaban J connectivity index is 1.74. The standard InChI is InChI=1S/C25H25NO6S/c1-4-31-22-15-13-19(14-16-22)24(27)18(2)32-25(28)20-9-8-12-23(17-20)33(29,30)26(3)21-10-6-5-7-11-21/h5-18H,4H2,1-3H3/t18-/m0/s1. The molecule has 3 aromatic rings. The fraction of sp³-hybridized carbons (Fsp3) is 0.200. The molecule has 0 aliphatic heterocycles. The quantitative estimate of drug-likeness (QED) is 0.344. The molecule has 0 aliphatic rings. The van der Waals surface area contributed by atoms with E-state index in [1.807, 2.05) is 6.92 Å². The smallest absolute Gasteiger partial charge is 0.338 e. The van der Waals surface area contributed by atoms with Gasteiger partial charge in [0, 0.05) is 12.6 Å². The van der Waals surface area contributed by atoms with Crippen LogP contribution in [-0.2, 0) is 14.8 Å². The maximum Gasteiger partial charge on any atom is 0.338 e. The predicted octanol–water partition coefficient (Wildman–Crippen LogP) is 4.34. The van der Waals surface area contributed by atoms with Crippen molar-refractivity contribution in [3.8, 4) is 5.75 Å². The number of ketones is 1. The highest BCUT2D eigenvalue weighted by Gasteiger charge is 2.24. The van der Waals surface area contributed by atoms with Crippen LogP contribution in [-0.4, -0.2) is 39.9 Å². The lowest BCUT2D eigenvalue weighted by molar-refractivity contribution is 0.0318. The summed E-state index contributed by atoms with van der Waals surface area (Å²) in [5.74, 6) is -0.530. The lowest BCUT2D eigenvalue weighted by Gasteiger charge is -2.20. The van der Waals surface area contributed by atoms with Gasteiger partial charge in [0.15, 0.2) is 6.10 Å². The molecule has 3 rings (SSSR count). The van der Waals surface area contributed by atoms with E-state index in [4.69, 9.17) is 9.47 Å². The van der Waals surface area contributed by atoms with Gasteiger partial charge in [-0.3, -0.25) is 9.10 Å². The SMILES string of the molecule is CCOc1ccc(C(=O)[C@H](C)OC(=O)c2cccc(S(=O)(=O)N(C)c3ccccc3)c2)cc1. The summed E-state index contributed by atoms with van der Waals surface area (Å²) in [7, 11) is -2.46. The van der Waals surface area contributed by atoms with E-state index in [1.54, 1.807) is 54.6 Å². The molecule has 0 fully saturated rings. The largest absolute Gasteiger partial charge is 0.494 e. The highest BCUT2D eigenvalue weighted by molar-refractivity contribution is 7.92. The van der Waals surface area contributed by atoms with E-state index in [9.17, 15) is 18.0 Å². The Morgan fingerprint density at radius 1 is 0.909 bits per heavy atom. The molecule has 3 aromatic carbocycles. The highest BCUT2D eigenvalue weighted by atomic mass is 32.2. The van der Waals surface area contributed by atoms with Gasteiger partial charge in [0.25, 0.3) is 10.0 Å². The number of carbonyl (C=O) groups excluding carboxylic acids is 2. The number of carbonyl (C=O) groups is 2. The molecule has 33 heavy (non-hydrogen) atoms. The van der Waals surface area contributed by atoms with Gasteiger partial charge in [-0.25, -0.2) is 13.2 Å². The summed E-state index contributed by atoms with van der Waals surface area (Å²) < 4.78 is 37.8. The third-order valence-corrected chi connectivity index (χ3v) is 6.73. The van der Waals surface area contributed by atoms with Crippen molar-refractivity contribution in [2.24, 2.45) is 0 Å². The van der Waals surface area contributed by atoms with E-state index in [2.05, 4.69) is 0 Å². The second-order valence-electron chi connectivity index (χ2n) is 7.21. The highest BCUT2D eigenvalue weighted by Crippen LogP contribution is 2.23. The molecule has 8 heteroatoms. The Kier molecular flexibility index (Phi) is 7.50. The third-order valence-electron chi connectivity index (χ3n) is 4.95. The van der Waals surface area contributed by atoms with Crippen LogP contribution in [0.15, 0.2) is 83.8 Å². The van der Waals surface area contributed by atoms with Crippen LogP contribution in [0.5, 0.6) is 5.75 Å².